The third kappa shape index (κ3) is 3.84. The number of allylic oxidation sites excluding steroid dienone is 1. The predicted molar refractivity (Wildman–Crippen MR) is 37.3 cm³/mol. The Kier molecular flexibility index (Phi) is 3.63. The molecule has 6 heteroatoms. The van der Waals surface area contributed by atoms with Crippen molar-refractivity contribution in [3.05, 3.63) is 12.2 Å². The molecule has 74 valence electrons. The number of halogens is 2. The molecule has 0 amide bonds. The molecule has 0 radical (unpaired) electrons. The van der Waals surface area contributed by atoms with Crippen molar-refractivity contribution in [2.45, 2.75) is 12.7 Å². The molecule has 1 rings (SSSR count). The van der Waals surface area contributed by atoms with E-state index < -0.39 is 18.9 Å². The average Bonchev–Trinajstić information content (AvgIpc) is 2.45. The molecule has 13 heavy (non-hydrogen) atoms. The summed E-state index contributed by atoms with van der Waals surface area (Å²) in [7, 11) is 0. The normalized spacial score (nSPS) is 22.4. The summed E-state index contributed by atoms with van der Waals surface area (Å²) in [5, 5.41) is 0. The van der Waals surface area contributed by atoms with Crippen LogP contribution in [-0.2, 0) is 14.2 Å². The Morgan fingerprint density at radius 1 is 1.69 bits per heavy atom. The van der Waals surface area contributed by atoms with Gasteiger partial charge < -0.3 is 14.2 Å². The highest BCUT2D eigenvalue weighted by Crippen LogP contribution is 2.07. The Bertz CT molecular complexity index is 205. The van der Waals surface area contributed by atoms with Gasteiger partial charge in [0.25, 0.3) is 6.43 Å². The number of cyclic esters (lactones) is 2. The van der Waals surface area contributed by atoms with Gasteiger partial charge in [-0.05, 0) is 6.08 Å². The second-order valence-corrected chi connectivity index (χ2v) is 2.20. The average molecular weight is 194 g/mol. The first-order chi connectivity index (χ1) is 6.18. The lowest BCUT2D eigenvalue weighted by atomic mass is 10.5. The number of alkyl halides is 2. The highest BCUT2D eigenvalue weighted by Gasteiger charge is 2.24. The van der Waals surface area contributed by atoms with E-state index in [1.54, 1.807) is 0 Å². The lowest BCUT2D eigenvalue weighted by Gasteiger charge is -2.04. The summed E-state index contributed by atoms with van der Waals surface area (Å²) in [5.41, 5.74) is 0. The van der Waals surface area contributed by atoms with Gasteiger partial charge in [-0.25, -0.2) is 13.6 Å². The number of carbonyl (C=O) groups excluding carboxylic acids is 1. The molecule has 0 aromatic rings. The standard InChI is InChI=1S/C7H8F2O4/c8-5(9)2-1-3-11-6-4-12-7(10)13-6/h1-2,5-6H,3-4H2/b2-1-. The van der Waals surface area contributed by atoms with Crippen LogP contribution in [0.5, 0.6) is 0 Å². The second kappa shape index (κ2) is 4.76. The third-order valence-corrected chi connectivity index (χ3v) is 1.22. The first-order valence-electron chi connectivity index (χ1n) is 3.58. The van der Waals surface area contributed by atoms with Crippen LogP contribution in [0.3, 0.4) is 0 Å². The van der Waals surface area contributed by atoms with Crippen LogP contribution in [0.25, 0.3) is 0 Å². The van der Waals surface area contributed by atoms with Gasteiger partial charge in [-0.1, -0.05) is 6.08 Å². The van der Waals surface area contributed by atoms with Crippen molar-refractivity contribution in [2.75, 3.05) is 13.2 Å². The molecule has 1 aliphatic heterocycles. The Morgan fingerprint density at radius 3 is 3.00 bits per heavy atom. The molecule has 1 heterocycles. The summed E-state index contributed by atoms with van der Waals surface area (Å²) in [5.74, 6) is 0. The Hall–Kier alpha value is -1.17. The fraction of sp³-hybridized carbons (Fsp3) is 0.571. The van der Waals surface area contributed by atoms with Crippen molar-refractivity contribution in [3.8, 4) is 0 Å². The van der Waals surface area contributed by atoms with Gasteiger partial charge >= 0.3 is 6.16 Å². The molecule has 0 spiro atoms. The monoisotopic (exact) mass is 194 g/mol. The van der Waals surface area contributed by atoms with Crippen molar-refractivity contribution in [1.29, 1.82) is 0 Å². The van der Waals surface area contributed by atoms with Gasteiger partial charge in [0, 0.05) is 0 Å². The van der Waals surface area contributed by atoms with Crippen molar-refractivity contribution in [1.82, 2.24) is 0 Å². The summed E-state index contributed by atoms with van der Waals surface area (Å²) >= 11 is 0. The zero-order valence-corrected chi connectivity index (χ0v) is 6.61. The SMILES string of the molecule is O=C1OCC(OC/C=C\C(F)F)O1. The van der Waals surface area contributed by atoms with Crippen LogP contribution in [0.15, 0.2) is 12.2 Å². The van der Waals surface area contributed by atoms with Crippen molar-refractivity contribution in [2.24, 2.45) is 0 Å². The fourth-order valence-corrected chi connectivity index (χ4v) is 0.715. The van der Waals surface area contributed by atoms with Gasteiger partial charge in [0.2, 0.25) is 6.29 Å². The molecule has 1 saturated heterocycles. The molecule has 0 aromatic heterocycles. The van der Waals surface area contributed by atoms with Crippen molar-refractivity contribution in [3.63, 3.8) is 0 Å². The van der Waals surface area contributed by atoms with Gasteiger partial charge in [-0.3, -0.25) is 0 Å². The fourth-order valence-electron chi connectivity index (χ4n) is 0.715. The smallest absolute Gasteiger partial charge is 0.428 e. The maximum absolute atomic E-state index is 11.5. The third-order valence-electron chi connectivity index (χ3n) is 1.22. The van der Waals surface area contributed by atoms with E-state index in [0.29, 0.717) is 6.08 Å². The van der Waals surface area contributed by atoms with Gasteiger partial charge in [0.05, 0.1) is 6.61 Å². The molecule has 0 aromatic carbocycles. The van der Waals surface area contributed by atoms with Gasteiger partial charge in [0.15, 0.2) is 6.61 Å². The number of hydrogen-bond donors (Lipinski definition) is 0. The molecule has 0 N–H and O–H groups in total. The minimum atomic E-state index is -2.49. The zero-order chi connectivity index (χ0) is 9.68. The highest BCUT2D eigenvalue weighted by atomic mass is 19.3. The molecule has 4 nitrogen and oxygen atoms in total. The Balaban J connectivity index is 2.09. The van der Waals surface area contributed by atoms with E-state index in [2.05, 4.69) is 9.47 Å². The van der Waals surface area contributed by atoms with Crippen LogP contribution in [0, 0.1) is 0 Å². The van der Waals surface area contributed by atoms with E-state index in [9.17, 15) is 13.6 Å². The summed E-state index contributed by atoms with van der Waals surface area (Å²) in [6, 6.07) is 0. The molecule has 0 bridgehead atoms. The minimum absolute atomic E-state index is 0.00134. The van der Waals surface area contributed by atoms with Crippen LogP contribution >= 0.6 is 0 Å². The number of rotatable bonds is 4. The van der Waals surface area contributed by atoms with Crippen molar-refractivity contribution < 1.29 is 27.8 Å². The second-order valence-electron chi connectivity index (χ2n) is 2.20. The first kappa shape index (κ1) is 9.91. The molecular weight excluding hydrogens is 186 g/mol. The van der Waals surface area contributed by atoms with Crippen LogP contribution in [0.2, 0.25) is 0 Å². The van der Waals surface area contributed by atoms with E-state index >= 15 is 0 Å². The van der Waals surface area contributed by atoms with Crippen LogP contribution < -0.4 is 0 Å². The largest absolute Gasteiger partial charge is 0.510 e. The predicted octanol–water partition coefficient (Wildman–Crippen LogP) is 1.32. The Labute approximate surface area is 73.1 Å². The van der Waals surface area contributed by atoms with Crippen LogP contribution in [0.4, 0.5) is 13.6 Å². The van der Waals surface area contributed by atoms with E-state index in [-0.39, 0.29) is 13.2 Å². The topological polar surface area (TPSA) is 44.8 Å². The quantitative estimate of drug-likeness (QED) is 0.500. The van der Waals surface area contributed by atoms with E-state index in [1.807, 2.05) is 0 Å². The molecular formula is C7H8F2O4. The van der Waals surface area contributed by atoms with E-state index in [1.165, 1.54) is 0 Å². The first-order valence-corrected chi connectivity index (χ1v) is 3.58. The molecule has 0 aliphatic carbocycles. The lowest BCUT2D eigenvalue weighted by molar-refractivity contribution is -0.0663. The maximum Gasteiger partial charge on any atom is 0.510 e. The zero-order valence-electron chi connectivity index (χ0n) is 6.61. The summed E-state index contributed by atoms with van der Waals surface area (Å²) in [4.78, 5) is 10.3. The lowest BCUT2D eigenvalue weighted by Crippen LogP contribution is -2.14. The Morgan fingerprint density at radius 2 is 2.46 bits per heavy atom. The highest BCUT2D eigenvalue weighted by molar-refractivity contribution is 5.61. The van der Waals surface area contributed by atoms with Gasteiger partial charge in [-0.2, -0.15) is 0 Å². The number of carbonyl (C=O) groups is 1. The van der Waals surface area contributed by atoms with Gasteiger partial charge in [0.1, 0.15) is 0 Å². The van der Waals surface area contributed by atoms with Gasteiger partial charge in [-0.15, -0.1) is 0 Å². The molecule has 0 saturated carbocycles. The molecule has 1 unspecified atom stereocenters. The summed E-state index contributed by atoms with van der Waals surface area (Å²) in [6.45, 7) is -0.0347. The molecule has 1 fully saturated rings. The molecule has 1 aliphatic rings. The maximum atomic E-state index is 11.5. The van der Waals surface area contributed by atoms with E-state index in [4.69, 9.17) is 4.74 Å². The number of hydrogen-bond acceptors (Lipinski definition) is 4. The summed E-state index contributed by atoms with van der Waals surface area (Å²) < 4.78 is 36.8. The van der Waals surface area contributed by atoms with Crippen LogP contribution in [-0.4, -0.2) is 32.1 Å². The number of ether oxygens (including phenoxy) is 3. The summed E-state index contributed by atoms with van der Waals surface area (Å²) in [6.07, 6.45) is -2.24. The van der Waals surface area contributed by atoms with E-state index in [0.717, 1.165) is 6.08 Å². The minimum Gasteiger partial charge on any atom is -0.428 e. The van der Waals surface area contributed by atoms with Crippen LogP contribution in [0.1, 0.15) is 0 Å². The van der Waals surface area contributed by atoms with Crippen molar-refractivity contribution >= 4 is 6.16 Å². The molecule has 1 atom stereocenters.